The highest BCUT2D eigenvalue weighted by Gasteiger charge is 2.36. The standard InChI is InChI=1S/C11H16N2O4/c1-5-8-7(6-12-17-8)9(14)13(4)11(2,3)10(15)16/h6H,5H2,1-4H3,(H,15,16). The van der Waals surface area contributed by atoms with E-state index in [1.807, 2.05) is 6.92 Å². The Kier molecular flexibility index (Phi) is 3.55. The van der Waals surface area contributed by atoms with E-state index < -0.39 is 17.4 Å². The van der Waals surface area contributed by atoms with Crippen LogP contribution in [0.15, 0.2) is 10.7 Å². The Morgan fingerprint density at radius 3 is 2.59 bits per heavy atom. The molecule has 0 bridgehead atoms. The smallest absolute Gasteiger partial charge is 0.329 e. The van der Waals surface area contributed by atoms with E-state index in [9.17, 15) is 9.59 Å². The Morgan fingerprint density at radius 1 is 1.53 bits per heavy atom. The van der Waals surface area contributed by atoms with Crippen LogP contribution in [0.1, 0.15) is 36.9 Å². The number of carboxylic acids is 1. The molecule has 0 aliphatic rings. The van der Waals surface area contributed by atoms with E-state index in [-0.39, 0.29) is 0 Å². The van der Waals surface area contributed by atoms with Gasteiger partial charge in [0.1, 0.15) is 16.9 Å². The molecule has 0 aliphatic heterocycles. The number of hydrogen-bond donors (Lipinski definition) is 1. The lowest BCUT2D eigenvalue weighted by Crippen LogP contribution is -2.50. The molecule has 1 rings (SSSR count). The molecule has 0 aromatic carbocycles. The fourth-order valence-electron chi connectivity index (χ4n) is 1.27. The van der Waals surface area contributed by atoms with Crippen molar-refractivity contribution in [3.63, 3.8) is 0 Å². The fraction of sp³-hybridized carbons (Fsp3) is 0.545. The summed E-state index contributed by atoms with van der Waals surface area (Å²) in [5.74, 6) is -1.01. The van der Waals surface area contributed by atoms with Crippen LogP contribution in [0.2, 0.25) is 0 Å². The first kappa shape index (κ1) is 13.2. The monoisotopic (exact) mass is 240 g/mol. The van der Waals surface area contributed by atoms with Gasteiger partial charge in [-0.05, 0) is 13.8 Å². The van der Waals surface area contributed by atoms with Crippen LogP contribution in [-0.2, 0) is 11.2 Å². The van der Waals surface area contributed by atoms with Crippen molar-refractivity contribution in [1.82, 2.24) is 10.1 Å². The van der Waals surface area contributed by atoms with Crippen molar-refractivity contribution >= 4 is 11.9 Å². The number of amides is 1. The van der Waals surface area contributed by atoms with Crippen molar-refractivity contribution in [2.24, 2.45) is 0 Å². The number of aryl methyl sites for hydroxylation is 1. The van der Waals surface area contributed by atoms with Gasteiger partial charge in [0.05, 0.1) is 6.20 Å². The van der Waals surface area contributed by atoms with Crippen LogP contribution in [-0.4, -0.2) is 39.6 Å². The first-order valence-corrected chi connectivity index (χ1v) is 5.27. The van der Waals surface area contributed by atoms with Crippen LogP contribution in [0.5, 0.6) is 0 Å². The number of nitrogens with zero attached hydrogens (tertiary/aromatic N) is 2. The Morgan fingerprint density at radius 2 is 2.12 bits per heavy atom. The number of hydrogen-bond acceptors (Lipinski definition) is 4. The van der Waals surface area contributed by atoms with E-state index in [1.54, 1.807) is 0 Å². The number of carboxylic acid groups (broad SMARTS) is 1. The molecule has 0 fully saturated rings. The second-order valence-electron chi connectivity index (χ2n) is 4.24. The average Bonchev–Trinajstić information content (AvgIpc) is 2.74. The van der Waals surface area contributed by atoms with Gasteiger partial charge in [-0.2, -0.15) is 0 Å². The van der Waals surface area contributed by atoms with Gasteiger partial charge in [0.2, 0.25) is 0 Å². The van der Waals surface area contributed by atoms with Crippen LogP contribution in [0, 0.1) is 0 Å². The summed E-state index contributed by atoms with van der Waals surface area (Å²) in [6.45, 7) is 4.76. The number of aliphatic carboxylic acids is 1. The van der Waals surface area contributed by atoms with Crippen LogP contribution in [0.4, 0.5) is 0 Å². The molecule has 1 heterocycles. The summed E-state index contributed by atoms with van der Waals surface area (Å²) in [5.41, 5.74) is -0.969. The summed E-state index contributed by atoms with van der Waals surface area (Å²) in [6.07, 6.45) is 1.85. The number of aromatic nitrogens is 1. The second kappa shape index (κ2) is 4.57. The maximum absolute atomic E-state index is 12.1. The first-order chi connectivity index (χ1) is 7.82. The summed E-state index contributed by atoms with van der Waals surface area (Å²) in [4.78, 5) is 24.3. The van der Waals surface area contributed by atoms with Gasteiger partial charge in [-0.1, -0.05) is 12.1 Å². The van der Waals surface area contributed by atoms with Gasteiger partial charge >= 0.3 is 5.97 Å². The molecule has 94 valence electrons. The van der Waals surface area contributed by atoms with Gasteiger partial charge in [0.15, 0.2) is 0 Å². The zero-order valence-corrected chi connectivity index (χ0v) is 10.4. The predicted octanol–water partition coefficient (Wildman–Crippen LogP) is 1.17. The zero-order chi connectivity index (χ0) is 13.2. The van der Waals surface area contributed by atoms with Gasteiger partial charge in [0.25, 0.3) is 5.91 Å². The third-order valence-electron chi connectivity index (χ3n) is 2.86. The maximum atomic E-state index is 12.1. The van der Waals surface area contributed by atoms with Crippen molar-refractivity contribution < 1.29 is 19.2 Å². The largest absolute Gasteiger partial charge is 0.480 e. The SMILES string of the molecule is CCc1oncc1C(=O)N(C)C(C)(C)C(=O)O. The van der Waals surface area contributed by atoms with Crippen LogP contribution < -0.4 is 0 Å². The maximum Gasteiger partial charge on any atom is 0.329 e. The molecule has 1 aromatic heterocycles. The van der Waals surface area contributed by atoms with E-state index in [1.165, 1.54) is 32.0 Å². The van der Waals surface area contributed by atoms with Crippen LogP contribution in [0.3, 0.4) is 0 Å². The summed E-state index contributed by atoms with van der Waals surface area (Å²) in [6, 6.07) is 0. The highest BCUT2D eigenvalue weighted by molar-refractivity contribution is 5.97. The predicted molar refractivity (Wildman–Crippen MR) is 59.7 cm³/mol. The minimum Gasteiger partial charge on any atom is -0.480 e. The Balaban J connectivity index is 3.02. The molecular weight excluding hydrogens is 224 g/mol. The molecule has 6 nitrogen and oxygen atoms in total. The van der Waals surface area contributed by atoms with Crippen molar-refractivity contribution in [3.8, 4) is 0 Å². The average molecular weight is 240 g/mol. The lowest BCUT2D eigenvalue weighted by Gasteiger charge is -2.31. The van der Waals surface area contributed by atoms with Crippen LogP contribution >= 0.6 is 0 Å². The third-order valence-corrected chi connectivity index (χ3v) is 2.86. The molecule has 0 radical (unpaired) electrons. The van der Waals surface area contributed by atoms with E-state index in [4.69, 9.17) is 9.63 Å². The molecule has 1 amide bonds. The van der Waals surface area contributed by atoms with Crippen LogP contribution in [0.25, 0.3) is 0 Å². The second-order valence-corrected chi connectivity index (χ2v) is 4.24. The van der Waals surface area contributed by atoms with Crippen molar-refractivity contribution in [1.29, 1.82) is 0 Å². The minimum atomic E-state index is -1.28. The van der Waals surface area contributed by atoms with Gasteiger partial charge in [-0.15, -0.1) is 0 Å². The zero-order valence-electron chi connectivity index (χ0n) is 10.4. The summed E-state index contributed by atoms with van der Waals surface area (Å²) < 4.78 is 4.91. The molecule has 0 atom stereocenters. The van der Waals surface area contributed by atoms with Gasteiger partial charge < -0.3 is 14.5 Å². The minimum absolute atomic E-state index is 0.310. The quantitative estimate of drug-likeness (QED) is 0.854. The van der Waals surface area contributed by atoms with Crippen molar-refractivity contribution in [2.45, 2.75) is 32.7 Å². The molecule has 0 spiro atoms. The number of carbonyl (C=O) groups is 2. The van der Waals surface area contributed by atoms with Crippen molar-refractivity contribution in [3.05, 3.63) is 17.5 Å². The Labute approximate surface area is 99.2 Å². The van der Waals surface area contributed by atoms with E-state index >= 15 is 0 Å². The summed E-state index contributed by atoms with van der Waals surface area (Å²) >= 11 is 0. The lowest BCUT2D eigenvalue weighted by atomic mass is 10.0. The molecule has 0 saturated carbocycles. The van der Waals surface area contributed by atoms with E-state index in [0.29, 0.717) is 17.7 Å². The van der Waals surface area contributed by atoms with E-state index in [0.717, 1.165) is 0 Å². The number of likely N-dealkylation sites (N-methyl/N-ethyl adjacent to an activating group) is 1. The lowest BCUT2D eigenvalue weighted by molar-refractivity contribution is -0.147. The molecule has 0 saturated heterocycles. The molecule has 6 heteroatoms. The molecule has 1 aromatic rings. The van der Waals surface area contributed by atoms with Gasteiger partial charge in [-0.25, -0.2) is 4.79 Å². The molecule has 17 heavy (non-hydrogen) atoms. The third kappa shape index (κ3) is 2.30. The topological polar surface area (TPSA) is 83.6 Å². The fourth-order valence-corrected chi connectivity index (χ4v) is 1.27. The highest BCUT2D eigenvalue weighted by Crippen LogP contribution is 2.18. The molecule has 0 aliphatic carbocycles. The van der Waals surface area contributed by atoms with Gasteiger partial charge in [-0.3, -0.25) is 4.79 Å². The molecule has 0 unspecified atom stereocenters. The number of carbonyl (C=O) groups excluding carboxylic acids is 1. The first-order valence-electron chi connectivity index (χ1n) is 5.27. The van der Waals surface area contributed by atoms with Crippen molar-refractivity contribution in [2.75, 3.05) is 7.05 Å². The molecule has 1 N–H and O–H groups in total. The number of rotatable bonds is 4. The van der Waals surface area contributed by atoms with E-state index in [2.05, 4.69) is 5.16 Å². The highest BCUT2D eigenvalue weighted by atomic mass is 16.5. The Hall–Kier alpha value is -1.85. The van der Waals surface area contributed by atoms with Gasteiger partial charge in [0, 0.05) is 13.5 Å². The normalized spacial score (nSPS) is 11.3. The summed E-state index contributed by atoms with van der Waals surface area (Å²) in [7, 11) is 1.45. The molecular formula is C11H16N2O4. The summed E-state index contributed by atoms with van der Waals surface area (Å²) in [5, 5.41) is 12.6. The Bertz CT molecular complexity index is 436.